The van der Waals surface area contributed by atoms with E-state index in [0.29, 0.717) is 26.1 Å². The maximum absolute atomic E-state index is 9.21. The predicted molar refractivity (Wildman–Crippen MR) is 59.6 cm³/mol. The molecule has 0 spiro atoms. The van der Waals surface area contributed by atoms with Crippen molar-refractivity contribution in [1.29, 1.82) is 5.26 Å². The number of nitrogens with zero attached hydrogens (tertiary/aromatic N) is 4. The highest BCUT2D eigenvalue weighted by atomic mass is 16.5. The van der Waals surface area contributed by atoms with Gasteiger partial charge in [0, 0.05) is 30.9 Å². The maximum atomic E-state index is 9.21. The molecule has 0 aliphatic carbocycles. The lowest BCUT2D eigenvalue weighted by atomic mass is 9.88. The normalized spacial score (nSPS) is 29.1. The van der Waals surface area contributed by atoms with Gasteiger partial charge in [0.25, 0.3) is 0 Å². The van der Waals surface area contributed by atoms with Crippen molar-refractivity contribution < 1.29 is 4.74 Å². The zero-order chi connectivity index (χ0) is 11.9. The van der Waals surface area contributed by atoms with Crippen LogP contribution in [0.2, 0.25) is 0 Å². The summed E-state index contributed by atoms with van der Waals surface area (Å²) in [5.41, 5.74) is 7.65. The SMILES string of the molecule is CC1CC(C#N)(NCCCN=[N+]=[N-])CCO1. The van der Waals surface area contributed by atoms with E-state index in [1.807, 2.05) is 6.92 Å². The van der Waals surface area contributed by atoms with Gasteiger partial charge in [-0.15, -0.1) is 0 Å². The van der Waals surface area contributed by atoms with Crippen molar-refractivity contribution in [3.63, 3.8) is 0 Å². The molecule has 0 bridgehead atoms. The van der Waals surface area contributed by atoms with Crippen LogP contribution in [0.5, 0.6) is 0 Å². The fourth-order valence-electron chi connectivity index (χ4n) is 1.91. The van der Waals surface area contributed by atoms with Crippen molar-refractivity contribution in [2.24, 2.45) is 5.11 Å². The minimum absolute atomic E-state index is 0.123. The van der Waals surface area contributed by atoms with Crippen LogP contribution < -0.4 is 5.32 Å². The number of rotatable bonds is 5. The Balaban J connectivity index is 2.36. The number of hydrogen-bond acceptors (Lipinski definition) is 4. The topological polar surface area (TPSA) is 93.8 Å². The van der Waals surface area contributed by atoms with Gasteiger partial charge in [0.1, 0.15) is 5.54 Å². The van der Waals surface area contributed by atoms with E-state index >= 15 is 0 Å². The molecule has 1 N–H and O–H groups in total. The van der Waals surface area contributed by atoms with E-state index in [1.54, 1.807) is 0 Å². The van der Waals surface area contributed by atoms with Crippen LogP contribution >= 0.6 is 0 Å². The van der Waals surface area contributed by atoms with E-state index < -0.39 is 5.54 Å². The van der Waals surface area contributed by atoms with Gasteiger partial charge < -0.3 is 4.74 Å². The van der Waals surface area contributed by atoms with Gasteiger partial charge >= 0.3 is 0 Å². The summed E-state index contributed by atoms with van der Waals surface area (Å²) in [6.45, 7) is 3.77. The van der Waals surface area contributed by atoms with Crippen LogP contribution in [0, 0.1) is 11.3 Å². The monoisotopic (exact) mass is 223 g/mol. The third-order valence-electron chi connectivity index (χ3n) is 2.74. The summed E-state index contributed by atoms with van der Waals surface area (Å²) in [4.78, 5) is 2.68. The molecular weight excluding hydrogens is 206 g/mol. The number of nitrogens with one attached hydrogen (secondary N) is 1. The quantitative estimate of drug-likeness (QED) is 0.333. The molecule has 1 fully saturated rings. The van der Waals surface area contributed by atoms with Gasteiger partial charge in [-0.25, -0.2) is 0 Å². The van der Waals surface area contributed by atoms with Crippen molar-refractivity contribution in [3.8, 4) is 6.07 Å². The van der Waals surface area contributed by atoms with Crippen LogP contribution in [0.4, 0.5) is 0 Å². The summed E-state index contributed by atoms with van der Waals surface area (Å²) in [5.74, 6) is 0. The molecule has 2 unspecified atom stereocenters. The van der Waals surface area contributed by atoms with Crippen molar-refractivity contribution in [3.05, 3.63) is 10.4 Å². The summed E-state index contributed by atoms with van der Waals surface area (Å²) < 4.78 is 5.42. The fraction of sp³-hybridized carbons (Fsp3) is 0.900. The molecule has 0 aromatic rings. The van der Waals surface area contributed by atoms with Gasteiger partial charge in [0.2, 0.25) is 0 Å². The Morgan fingerprint density at radius 2 is 2.56 bits per heavy atom. The van der Waals surface area contributed by atoms with E-state index in [-0.39, 0.29) is 6.10 Å². The predicted octanol–water partition coefficient (Wildman–Crippen LogP) is 1.74. The second-order valence-electron chi connectivity index (χ2n) is 4.06. The summed E-state index contributed by atoms with van der Waals surface area (Å²) in [7, 11) is 0. The van der Waals surface area contributed by atoms with Crippen LogP contribution in [0.3, 0.4) is 0 Å². The zero-order valence-electron chi connectivity index (χ0n) is 9.52. The smallest absolute Gasteiger partial charge is 0.111 e. The highest BCUT2D eigenvalue weighted by molar-refractivity contribution is 5.09. The number of nitriles is 1. The minimum Gasteiger partial charge on any atom is -0.378 e. The van der Waals surface area contributed by atoms with Gasteiger partial charge in [0.15, 0.2) is 0 Å². The summed E-state index contributed by atoms with van der Waals surface area (Å²) >= 11 is 0. The van der Waals surface area contributed by atoms with E-state index in [1.165, 1.54) is 0 Å². The lowest BCUT2D eigenvalue weighted by Crippen LogP contribution is -2.50. The van der Waals surface area contributed by atoms with Gasteiger partial charge in [0.05, 0.1) is 12.2 Å². The summed E-state index contributed by atoms with van der Waals surface area (Å²) in [6.07, 6.45) is 2.31. The second-order valence-corrected chi connectivity index (χ2v) is 4.06. The molecule has 6 heteroatoms. The van der Waals surface area contributed by atoms with Gasteiger partial charge in [-0.1, -0.05) is 5.11 Å². The van der Waals surface area contributed by atoms with Crippen LogP contribution in [0.25, 0.3) is 10.4 Å². The molecule has 1 aliphatic rings. The third-order valence-corrected chi connectivity index (χ3v) is 2.74. The number of hydrogen-bond donors (Lipinski definition) is 1. The van der Waals surface area contributed by atoms with Crippen molar-refractivity contribution in [2.45, 2.75) is 37.8 Å². The molecule has 0 radical (unpaired) electrons. The Kier molecular flexibility index (Phi) is 5.06. The number of azide groups is 1. The van der Waals surface area contributed by atoms with Crippen LogP contribution in [-0.2, 0) is 4.74 Å². The van der Waals surface area contributed by atoms with Crippen molar-refractivity contribution in [2.75, 3.05) is 19.7 Å². The summed E-state index contributed by atoms with van der Waals surface area (Å²) in [6, 6.07) is 2.34. The van der Waals surface area contributed by atoms with Crippen LogP contribution in [0.15, 0.2) is 5.11 Å². The second kappa shape index (κ2) is 6.33. The molecule has 16 heavy (non-hydrogen) atoms. The average molecular weight is 223 g/mol. The Morgan fingerprint density at radius 3 is 3.19 bits per heavy atom. The molecular formula is C10H17N5O. The molecule has 1 rings (SSSR count). The Hall–Kier alpha value is -1.28. The highest BCUT2D eigenvalue weighted by Gasteiger charge is 2.34. The first-order valence-corrected chi connectivity index (χ1v) is 5.51. The van der Waals surface area contributed by atoms with E-state index in [9.17, 15) is 5.26 Å². The van der Waals surface area contributed by atoms with Crippen LogP contribution in [-0.4, -0.2) is 31.3 Å². The minimum atomic E-state index is -0.464. The fourth-order valence-corrected chi connectivity index (χ4v) is 1.91. The Morgan fingerprint density at radius 1 is 1.75 bits per heavy atom. The lowest BCUT2D eigenvalue weighted by Gasteiger charge is -2.35. The van der Waals surface area contributed by atoms with Gasteiger partial charge in [-0.3, -0.25) is 5.32 Å². The largest absolute Gasteiger partial charge is 0.378 e. The van der Waals surface area contributed by atoms with Gasteiger partial charge in [-0.05, 0) is 25.4 Å². The Bertz CT molecular complexity index is 307. The Labute approximate surface area is 95.2 Å². The molecule has 88 valence electrons. The van der Waals surface area contributed by atoms with Gasteiger partial charge in [-0.2, -0.15) is 5.26 Å². The first-order valence-electron chi connectivity index (χ1n) is 5.51. The molecule has 1 heterocycles. The highest BCUT2D eigenvalue weighted by Crippen LogP contribution is 2.23. The molecule has 1 saturated heterocycles. The molecule has 0 aromatic heterocycles. The molecule has 1 aliphatic heterocycles. The van der Waals surface area contributed by atoms with Crippen LogP contribution in [0.1, 0.15) is 26.2 Å². The molecule has 0 saturated carbocycles. The van der Waals surface area contributed by atoms with E-state index in [2.05, 4.69) is 21.4 Å². The zero-order valence-corrected chi connectivity index (χ0v) is 9.52. The van der Waals surface area contributed by atoms with E-state index in [0.717, 1.165) is 12.8 Å². The molecule has 0 aromatic carbocycles. The third kappa shape index (κ3) is 3.70. The standard InChI is InChI=1S/C10H17N5O/c1-9-7-10(8-11,3-6-16-9)13-4-2-5-14-15-12/h9,13H,2-7H2,1H3. The molecule has 0 amide bonds. The van der Waals surface area contributed by atoms with Crippen molar-refractivity contribution >= 4 is 0 Å². The van der Waals surface area contributed by atoms with Crippen molar-refractivity contribution in [1.82, 2.24) is 5.32 Å². The number of ether oxygens (including phenoxy) is 1. The molecule has 6 nitrogen and oxygen atoms in total. The average Bonchev–Trinajstić information content (AvgIpc) is 2.29. The van der Waals surface area contributed by atoms with E-state index in [4.69, 9.17) is 10.3 Å². The maximum Gasteiger partial charge on any atom is 0.111 e. The summed E-state index contributed by atoms with van der Waals surface area (Å²) in [5, 5.41) is 15.9. The first-order chi connectivity index (χ1) is 7.72. The lowest BCUT2D eigenvalue weighted by molar-refractivity contribution is -0.00310. The molecule has 2 atom stereocenters. The first kappa shape index (κ1) is 12.8.